The predicted molar refractivity (Wildman–Crippen MR) is 93.9 cm³/mol. The number of ether oxygens (including phenoxy) is 1. The van der Waals surface area contributed by atoms with Gasteiger partial charge in [-0.3, -0.25) is 4.90 Å². The topological polar surface area (TPSA) is 70.1 Å². The van der Waals surface area contributed by atoms with Gasteiger partial charge in [-0.1, -0.05) is 19.4 Å². The second-order valence-electron chi connectivity index (χ2n) is 6.12. The molecule has 24 heavy (non-hydrogen) atoms. The number of sulfonamides is 1. The Morgan fingerprint density at radius 1 is 1.21 bits per heavy atom. The zero-order chi connectivity index (χ0) is 17.6. The Balaban J connectivity index is 2.16. The highest BCUT2D eigenvalue weighted by Gasteiger charge is 2.30. The third-order valence-corrected chi connectivity index (χ3v) is 6.16. The summed E-state index contributed by atoms with van der Waals surface area (Å²) < 4.78 is 33.2. The standard InChI is InChI=1S/C17H28N2O4S/c1-3-4-13-23-16-14-15(2)5-6-17(16)24(21,22)19-9-7-18(8-10-19)11-12-20/h5-6,14,20H,3-4,7-13H2,1-2H3. The molecule has 1 aliphatic heterocycles. The second kappa shape index (κ2) is 8.80. The Labute approximate surface area is 145 Å². The van der Waals surface area contributed by atoms with E-state index in [2.05, 4.69) is 11.8 Å². The molecule has 1 heterocycles. The summed E-state index contributed by atoms with van der Waals surface area (Å²) in [4.78, 5) is 2.32. The smallest absolute Gasteiger partial charge is 0.246 e. The Hall–Kier alpha value is -1.15. The number of piperazine rings is 1. The number of aliphatic hydroxyl groups is 1. The first-order valence-electron chi connectivity index (χ1n) is 8.56. The molecule has 1 aromatic rings. The van der Waals surface area contributed by atoms with Gasteiger partial charge >= 0.3 is 0 Å². The van der Waals surface area contributed by atoms with Crippen LogP contribution >= 0.6 is 0 Å². The number of hydrogen-bond acceptors (Lipinski definition) is 5. The molecule has 6 nitrogen and oxygen atoms in total. The van der Waals surface area contributed by atoms with Crippen molar-refractivity contribution in [2.24, 2.45) is 0 Å². The highest BCUT2D eigenvalue weighted by atomic mass is 32.2. The molecule has 7 heteroatoms. The Morgan fingerprint density at radius 3 is 2.54 bits per heavy atom. The Morgan fingerprint density at radius 2 is 1.92 bits per heavy atom. The van der Waals surface area contributed by atoms with E-state index in [9.17, 15) is 8.42 Å². The zero-order valence-corrected chi connectivity index (χ0v) is 15.4. The van der Waals surface area contributed by atoms with E-state index in [1.165, 1.54) is 4.31 Å². The molecular formula is C17H28N2O4S. The summed E-state index contributed by atoms with van der Waals surface area (Å²) in [6, 6.07) is 5.25. The van der Waals surface area contributed by atoms with Crippen LogP contribution in [0.25, 0.3) is 0 Å². The van der Waals surface area contributed by atoms with Gasteiger partial charge in [-0.2, -0.15) is 4.31 Å². The van der Waals surface area contributed by atoms with Crippen molar-refractivity contribution >= 4 is 10.0 Å². The molecule has 1 aromatic carbocycles. The molecule has 1 aliphatic rings. The number of benzene rings is 1. The van der Waals surface area contributed by atoms with Gasteiger partial charge in [0.15, 0.2) is 0 Å². The summed E-state index contributed by atoms with van der Waals surface area (Å²) in [7, 11) is -3.57. The van der Waals surface area contributed by atoms with E-state index in [4.69, 9.17) is 9.84 Å². The van der Waals surface area contributed by atoms with Gasteiger partial charge in [-0.25, -0.2) is 8.42 Å². The number of hydrogen-bond donors (Lipinski definition) is 1. The van der Waals surface area contributed by atoms with Gasteiger partial charge in [0.1, 0.15) is 10.6 Å². The molecule has 136 valence electrons. The van der Waals surface area contributed by atoms with E-state index >= 15 is 0 Å². The number of aliphatic hydroxyl groups excluding tert-OH is 1. The quantitative estimate of drug-likeness (QED) is 0.715. The number of unbranched alkanes of at least 4 members (excludes halogenated alkanes) is 1. The predicted octanol–water partition coefficient (Wildman–Crippen LogP) is 1.47. The van der Waals surface area contributed by atoms with Crippen molar-refractivity contribution in [1.29, 1.82) is 0 Å². The molecule has 0 aliphatic carbocycles. The number of β-amino-alcohol motifs (C(OH)–C–C–N with tert-alkyl or cyclic N) is 1. The van der Waals surface area contributed by atoms with Gasteiger partial charge in [0, 0.05) is 32.7 Å². The fourth-order valence-electron chi connectivity index (χ4n) is 2.74. The molecule has 0 bridgehead atoms. The molecule has 0 spiro atoms. The molecular weight excluding hydrogens is 328 g/mol. The van der Waals surface area contributed by atoms with Crippen LogP contribution in [-0.2, 0) is 10.0 Å². The van der Waals surface area contributed by atoms with Crippen molar-refractivity contribution in [1.82, 2.24) is 9.21 Å². The van der Waals surface area contributed by atoms with Gasteiger partial charge in [0.25, 0.3) is 0 Å². The lowest BCUT2D eigenvalue weighted by molar-refractivity contribution is 0.151. The molecule has 0 atom stereocenters. The normalized spacial score (nSPS) is 17.1. The average Bonchev–Trinajstić information content (AvgIpc) is 2.56. The van der Waals surface area contributed by atoms with E-state index in [1.807, 2.05) is 13.0 Å². The van der Waals surface area contributed by atoms with Crippen LogP contribution in [0.4, 0.5) is 0 Å². The van der Waals surface area contributed by atoms with Crippen LogP contribution in [-0.4, -0.2) is 68.7 Å². The SMILES string of the molecule is CCCCOc1cc(C)ccc1S(=O)(=O)N1CCN(CCO)CC1. The van der Waals surface area contributed by atoms with Crippen molar-refractivity contribution in [3.8, 4) is 5.75 Å². The first-order chi connectivity index (χ1) is 11.5. The largest absolute Gasteiger partial charge is 0.492 e. The summed E-state index contributed by atoms with van der Waals surface area (Å²) in [6.07, 6.45) is 1.90. The molecule has 0 saturated carbocycles. The Kier molecular flexibility index (Phi) is 7.03. The van der Waals surface area contributed by atoms with E-state index < -0.39 is 10.0 Å². The third kappa shape index (κ3) is 4.69. The molecule has 1 N–H and O–H groups in total. The minimum absolute atomic E-state index is 0.0974. The second-order valence-corrected chi connectivity index (χ2v) is 8.03. The number of nitrogens with zero attached hydrogens (tertiary/aromatic N) is 2. The summed E-state index contributed by atoms with van der Waals surface area (Å²) in [5, 5.41) is 9.00. The lowest BCUT2D eigenvalue weighted by atomic mass is 10.2. The zero-order valence-electron chi connectivity index (χ0n) is 14.6. The van der Waals surface area contributed by atoms with Gasteiger partial charge in [-0.05, 0) is 31.0 Å². The fraction of sp³-hybridized carbons (Fsp3) is 0.647. The molecule has 0 radical (unpaired) electrons. The number of aryl methyl sites for hydroxylation is 1. The van der Waals surface area contributed by atoms with E-state index in [0.29, 0.717) is 45.1 Å². The maximum atomic E-state index is 13.0. The van der Waals surface area contributed by atoms with E-state index in [0.717, 1.165) is 18.4 Å². The summed E-state index contributed by atoms with van der Waals surface area (Å²) in [5.41, 5.74) is 0.980. The van der Waals surface area contributed by atoms with E-state index in [-0.39, 0.29) is 11.5 Å². The molecule has 1 fully saturated rings. The highest BCUT2D eigenvalue weighted by molar-refractivity contribution is 7.89. The minimum atomic E-state index is -3.57. The van der Waals surface area contributed by atoms with Crippen LogP contribution in [0.3, 0.4) is 0 Å². The van der Waals surface area contributed by atoms with Crippen LogP contribution in [0, 0.1) is 6.92 Å². The van der Waals surface area contributed by atoms with Crippen molar-refractivity contribution in [3.05, 3.63) is 23.8 Å². The number of rotatable bonds is 8. The average molecular weight is 356 g/mol. The third-order valence-electron chi connectivity index (χ3n) is 4.22. The summed E-state index contributed by atoms with van der Waals surface area (Å²) in [6.45, 7) is 7.35. The van der Waals surface area contributed by atoms with Crippen LogP contribution in [0.2, 0.25) is 0 Å². The minimum Gasteiger partial charge on any atom is -0.492 e. The van der Waals surface area contributed by atoms with Crippen molar-refractivity contribution in [2.45, 2.75) is 31.6 Å². The van der Waals surface area contributed by atoms with Gasteiger partial charge < -0.3 is 9.84 Å². The maximum Gasteiger partial charge on any atom is 0.246 e. The van der Waals surface area contributed by atoms with Gasteiger partial charge in [0.2, 0.25) is 10.0 Å². The monoisotopic (exact) mass is 356 g/mol. The fourth-order valence-corrected chi connectivity index (χ4v) is 4.28. The first-order valence-corrected chi connectivity index (χ1v) is 10.00. The lowest BCUT2D eigenvalue weighted by Crippen LogP contribution is -2.49. The van der Waals surface area contributed by atoms with Crippen LogP contribution in [0.5, 0.6) is 5.75 Å². The van der Waals surface area contributed by atoms with Crippen molar-refractivity contribution in [3.63, 3.8) is 0 Å². The van der Waals surface area contributed by atoms with Crippen molar-refractivity contribution in [2.75, 3.05) is 45.9 Å². The maximum absolute atomic E-state index is 13.0. The summed E-state index contributed by atoms with van der Waals surface area (Å²) >= 11 is 0. The summed E-state index contributed by atoms with van der Waals surface area (Å²) in [5.74, 6) is 0.446. The van der Waals surface area contributed by atoms with Crippen LogP contribution in [0.15, 0.2) is 23.1 Å². The van der Waals surface area contributed by atoms with Crippen LogP contribution in [0.1, 0.15) is 25.3 Å². The molecule has 1 saturated heterocycles. The van der Waals surface area contributed by atoms with Crippen LogP contribution < -0.4 is 4.74 Å². The molecule has 0 unspecified atom stereocenters. The highest BCUT2D eigenvalue weighted by Crippen LogP contribution is 2.29. The van der Waals surface area contributed by atoms with E-state index in [1.54, 1.807) is 12.1 Å². The van der Waals surface area contributed by atoms with Crippen molar-refractivity contribution < 1.29 is 18.3 Å². The molecule has 2 rings (SSSR count). The molecule has 0 aromatic heterocycles. The van der Waals surface area contributed by atoms with Gasteiger partial charge in [0.05, 0.1) is 13.2 Å². The Bertz CT molecular complexity index is 625. The van der Waals surface area contributed by atoms with Gasteiger partial charge in [-0.15, -0.1) is 0 Å². The molecule has 0 amide bonds. The lowest BCUT2D eigenvalue weighted by Gasteiger charge is -2.33. The first kappa shape index (κ1) is 19.2.